The third-order valence-electron chi connectivity index (χ3n) is 3.27. The number of ether oxygens (including phenoxy) is 1. The zero-order valence-electron chi connectivity index (χ0n) is 12.8. The van der Waals surface area contributed by atoms with E-state index < -0.39 is 6.61 Å². The van der Waals surface area contributed by atoms with Gasteiger partial charge in [0.15, 0.2) is 0 Å². The SMILES string of the molecule is CN(C)C(CNC(=O)c1cccc(OC(F)F)c1)c1cccs1. The summed E-state index contributed by atoms with van der Waals surface area (Å²) in [6.45, 7) is -2.49. The lowest BCUT2D eigenvalue weighted by Gasteiger charge is -2.23. The van der Waals surface area contributed by atoms with Crippen LogP contribution in [-0.2, 0) is 0 Å². The van der Waals surface area contributed by atoms with Gasteiger partial charge in [0.25, 0.3) is 5.91 Å². The molecule has 0 radical (unpaired) electrons. The lowest BCUT2D eigenvalue weighted by molar-refractivity contribution is -0.0498. The van der Waals surface area contributed by atoms with Crippen LogP contribution >= 0.6 is 11.3 Å². The maximum atomic E-state index is 12.2. The molecule has 1 unspecified atom stereocenters. The van der Waals surface area contributed by atoms with E-state index in [1.807, 2.05) is 36.5 Å². The van der Waals surface area contributed by atoms with E-state index in [0.29, 0.717) is 6.54 Å². The molecular weight excluding hydrogens is 322 g/mol. The average molecular weight is 340 g/mol. The zero-order valence-corrected chi connectivity index (χ0v) is 13.6. The molecule has 23 heavy (non-hydrogen) atoms. The fraction of sp³-hybridized carbons (Fsp3) is 0.312. The summed E-state index contributed by atoms with van der Waals surface area (Å²) in [4.78, 5) is 15.4. The number of rotatable bonds is 7. The molecule has 7 heteroatoms. The van der Waals surface area contributed by atoms with Crippen molar-refractivity contribution in [2.45, 2.75) is 12.7 Å². The van der Waals surface area contributed by atoms with Crippen molar-refractivity contribution in [1.29, 1.82) is 0 Å². The van der Waals surface area contributed by atoms with E-state index in [9.17, 15) is 13.6 Å². The number of carbonyl (C=O) groups excluding carboxylic acids is 1. The Balaban J connectivity index is 2.01. The number of hydrogen-bond acceptors (Lipinski definition) is 4. The molecule has 0 aliphatic carbocycles. The van der Waals surface area contributed by atoms with Crippen molar-refractivity contribution in [2.24, 2.45) is 0 Å². The van der Waals surface area contributed by atoms with E-state index in [1.165, 1.54) is 18.2 Å². The molecule has 124 valence electrons. The van der Waals surface area contributed by atoms with Gasteiger partial charge in [0.05, 0.1) is 6.04 Å². The lowest BCUT2D eigenvalue weighted by Crippen LogP contribution is -2.34. The molecule has 4 nitrogen and oxygen atoms in total. The smallest absolute Gasteiger partial charge is 0.387 e. The van der Waals surface area contributed by atoms with Crippen LogP contribution in [-0.4, -0.2) is 38.1 Å². The number of nitrogens with one attached hydrogen (secondary N) is 1. The van der Waals surface area contributed by atoms with Crippen molar-refractivity contribution in [1.82, 2.24) is 10.2 Å². The number of nitrogens with zero attached hydrogens (tertiary/aromatic N) is 1. The molecule has 1 aromatic heterocycles. The van der Waals surface area contributed by atoms with Crippen molar-refractivity contribution in [3.8, 4) is 5.75 Å². The molecule has 1 atom stereocenters. The van der Waals surface area contributed by atoms with Gasteiger partial charge in [-0.3, -0.25) is 4.79 Å². The summed E-state index contributed by atoms with van der Waals surface area (Å²) in [6, 6.07) is 9.79. The minimum absolute atomic E-state index is 0.0323. The predicted molar refractivity (Wildman–Crippen MR) is 86.2 cm³/mol. The maximum Gasteiger partial charge on any atom is 0.387 e. The highest BCUT2D eigenvalue weighted by Gasteiger charge is 2.17. The second-order valence-corrected chi connectivity index (χ2v) is 6.09. The summed E-state index contributed by atoms with van der Waals surface area (Å²) < 4.78 is 28.8. The van der Waals surface area contributed by atoms with Crippen LogP contribution in [0.3, 0.4) is 0 Å². The summed E-state index contributed by atoms with van der Waals surface area (Å²) >= 11 is 1.62. The molecule has 0 spiro atoms. The van der Waals surface area contributed by atoms with Gasteiger partial charge in [0.1, 0.15) is 5.75 Å². The molecule has 0 saturated carbocycles. The van der Waals surface area contributed by atoms with Crippen LogP contribution < -0.4 is 10.1 Å². The first-order valence-corrected chi connectivity index (χ1v) is 7.88. The van der Waals surface area contributed by atoms with Gasteiger partial charge in [-0.15, -0.1) is 11.3 Å². The van der Waals surface area contributed by atoms with Gasteiger partial charge in [0, 0.05) is 17.0 Å². The van der Waals surface area contributed by atoms with Crippen LogP contribution in [0.2, 0.25) is 0 Å². The Morgan fingerprint density at radius 1 is 1.30 bits per heavy atom. The quantitative estimate of drug-likeness (QED) is 0.840. The highest BCUT2D eigenvalue weighted by molar-refractivity contribution is 7.10. The number of carbonyl (C=O) groups is 1. The number of thiophene rings is 1. The van der Waals surface area contributed by atoms with E-state index in [4.69, 9.17) is 0 Å². The van der Waals surface area contributed by atoms with Crippen LogP contribution in [0.1, 0.15) is 21.3 Å². The molecule has 0 aliphatic heterocycles. The van der Waals surface area contributed by atoms with E-state index >= 15 is 0 Å². The molecule has 1 N–H and O–H groups in total. The van der Waals surface area contributed by atoms with Gasteiger partial charge < -0.3 is 15.0 Å². The Morgan fingerprint density at radius 2 is 2.09 bits per heavy atom. The van der Waals surface area contributed by atoms with Crippen LogP contribution in [0.4, 0.5) is 8.78 Å². The molecule has 0 fully saturated rings. The Hall–Kier alpha value is -1.99. The van der Waals surface area contributed by atoms with Crippen molar-refractivity contribution in [2.75, 3.05) is 20.6 Å². The fourth-order valence-electron chi connectivity index (χ4n) is 2.12. The molecule has 1 aromatic carbocycles. The molecule has 2 rings (SSSR count). The number of alkyl halides is 2. The fourth-order valence-corrected chi connectivity index (χ4v) is 3.05. The monoisotopic (exact) mass is 340 g/mol. The van der Waals surface area contributed by atoms with Crippen LogP contribution in [0.25, 0.3) is 0 Å². The summed E-state index contributed by atoms with van der Waals surface area (Å²) in [5.74, 6) is -0.358. The van der Waals surface area contributed by atoms with E-state index in [2.05, 4.69) is 10.1 Å². The van der Waals surface area contributed by atoms with E-state index in [0.717, 1.165) is 4.88 Å². The van der Waals surface area contributed by atoms with E-state index in [1.54, 1.807) is 17.4 Å². The molecule has 0 saturated heterocycles. The topological polar surface area (TPSA) is 41.6 Å². The minimum Gasteiger partial charge on any atom is -0.435 e. The third-order valence-corrected chi connectivity index (χ3v) is 4.25. The first-order valence-electron chi connectivity index (χ1n) is 7.00. The number of likely N-dealkylation sites (N-methyl/N-ethyl adjacent to an activating group) is 1. The average Bonchev–Trinajstić information content (AvgIpc) is 3.00. The first-order chi connectivity index (χ1) is 11.0. The normalized spacial score (nSPS) is 12.4. The number of hydrogen-bond donors (Lipinski definition) is 1. The molecule has 2 aromatic rings. The number of halogens is 2. The summed E-state index contributed by atoms with van der Waals surface area (Å²) in [5, 5.41) is 4.82. The molecule has 1 heterocycles. The van der Waals surface area contributed by atoms with Gasteiger partial charge >= 0.3 is 6.61 Å². The van der Waals surface area contributed by atoms with Gasteiger partial charge in [-0.1, -0.05) is 12.1 Å². The van der Waals surface area contributed by atoms with Crippen molar-refractivity contribution >= 4 is 17.2 Å². The first kappa shape index (κ1) is 17.4. The Morgan fingerprint density at radius 3 is 2.70 bits per heavy atom. The largest absolute Gasteiger partial charge is 0.435 e. The van der Waals surface area contributed by atoms with Crippen molar-refractivity contribution in [3.05, 3.63) is 52.2 Å². The van der Waals surface area contributed by atoms with Gasteiger partial charge in [0.2, 0.25) is 0 Å². The van der Waals surface area contributed by atoms with Gasteiger partial charge in [-0.25, -0.2) is 0 Å². The van der Waals surface area contributed by atoms with Crippen LogP contribution in [0.15, 0.2) is 41.8 Å². The molecule has 1 amide bonds. The van der Waals surface area contributed by atoms with Crippen molar-refractivity contribution < 1.29 is 18.3 Å². The van der Waals surface area contributed by atoms with E-state index in [-0.39, 0.29) is 23.3 Å². The Labute approximate surface area is 137 Å². The van der Waals surface area contributed by atoms with Gasteiger partial charge in [-0.2, -0.15) is 8.78 Å². The highest BCUT2D eigenvalue weighted by Crippen LogP contribution is 2.22. The standard InChI is InChI=1S/C16H18F2N2O2S/c1-20(2)13(14-7-4-8-23-14)10-19-15(21)11-5-3-6-12(9-11)22-16(17)18/h3-9,13,16H,10H2,1-2H3,(H,19,21). The number of amides is 1. The second-order valence-electron chi connectivity index (χ2n) is 5.11. The zero-order chi connectivity index (χ0) is 16.8. The maximum absolute atomic E-state index is 12.2. The lowest BCUT2D eigenvalue weighted by atomic mass is 10.2. The van der Waals surface area contributed by atoms with Crippen molar-refractivity contribution in [3.63, 3.8) is 0 Å². The number of benzene rings is 1. The Bertz CT molecular complexity index is 633. The Kier molecular flexibility index (Phi) is 6.06. The third kappa shape index (κ3) is 5.01. The molecule has 0 bridgehead atoms. The van der Waals surface area contributed by atoms with Crippen LogP contribution in [0.5, 0.6) is 5.75 Å². The molecule has 0 aliphatic rings. The second kappa shape index (κ2) is 8.03. The van der Waals surface area contributed by atoms with Gasteiger partial charge in [-0.05, 0) is 43.7 Å². The minimum atomic E-state index is -2.91. The van der Waals surface area contributed by atoms with Crippen LogP contribution in [0, 0.1) is 0 Å². The summed E-state index contributed by atoms with van der Waals surface area (Å²) in [6.07, 6.45) is 0. The highest BCUT2D eigenvalue weighted by atomic mass is 32.1. The molecular formula is C16H18F2N2O2S. The summed E-state index contributed by atoms with van der Waals surface area (Å²) in [5.41, 5.74) is 0.284. The summed E-state index contributed by atoms with van der Waals surface area (Å²) in [7, 11) is 3.88. The predicted octanol–water partition coefficient (Wildman–Crippen LogP) is 3.38.